The van der Waals surface area contributed by atoms with E-state index in [0.717, 1.165) is 0 Å². The van der Waals surface area contributed by atoms with Gasteiger partial charge in [0.15, 0.2) is 17.9 Å². The van der Waals surface area contributed by atoms with Gasteiger partial charge < -0.3 is 35.6 Å². The fourth-order valence-electron chi connectivity index (χ4n) is 3.43. The Hall–Kier alpha value is -3.10. The average Bonchev–Trinajstić information content (AvgIpc) is 3.00. The number of unbranched alkanes of at least 4 members (excludes halogenated alkanes) is 1. The molecule has 0 saturated carbocycles. The van der Waals surface area contributed by atoms with Crippen LogP contribution in [-0.2, 0) is 19.1 Å². The molecule has 1 fully saturated rings. The maximum atomic E-state index is 14.8. The monoisotopic (exact) mass is 515 g/mol. The number of aliphatic hydroxyl groups is 2. The van der Waals surface area contributed by atoms with E-state index in [1.54, 1.807) is 20.8 Å². The van der Waals surface area contributed by atoms with Gasteiger partial charge in [-0.2, -0.15) is 4.98 Å². The largest absolute Gasteiger partial charge is 0.444 e. The van der Waals surface area contributed by atoms with E-state index in [2.05, 4.69) is 20.9 Å². The summed E-state index contributed by atoms with van der Waals surface area (Å²) in [6.45, 7) is 8.16. The number of halogens is 1. The first-order valence-corrected chi connectivity index (χ1v) is 11.5. The number of nitrogens with one attached hydrogen (secondary N) is 3. The van der Waals surface area contributed by atoms with Crippen molar-refractivity contribution in [3.05, 3.63) is 22.5 Å². The van der Waals surface area contributed by atoms with Gasteiger partial charge in [0, 0.05) is 13.5 Å². The topological polar surface area (TPSA) is 181 Å². The van der Waals surface area contributed by atoms with Gasteiger partial charge in [-0.15, -0.1) is 0 Å². The van der Waals surface area contributed by atoms with Crippen molar-refractivity contribution in [2.75, 3.05) is 11.9 Å². The lowest BCUT2D eigenvalue weighted by Crippen LogP contribution is -2.46. The normalized spacial score (nSPS) is 22.6. The van der Waals surface area contributed by atoms with Crippen LogP contribution in [0.2, 0.25) is 0 Å². The second kappa shape index (κ2) is 12.2. The molecule has 5 unspecified atom stereocenters. The van der Waals surface area contributed by atoms with Gasteiger partial charge in [0.2, 0.25) is 11.8 Å². The Labute approximate surface area is 207 Å². The van der Waals surface area contributed by atoms with Crippen LogP contribution in [0.1, 0.15) is 60.1 Å². The summed E-state index contributed by atoms with van der Waals surface area (Å²) in [6, 6.07) is -1.16. The molecule has 1 aromatic rings. The van der Waals surface area contributed by atoms with E-state index < -0.39 is 65.5 Å². The van der Waals surface area contributed by atoms with Gasteiger partial charge in [0.1, 0.15) is 23.9 Å². The zero-order valence-corrected chi connectivity index (χ0v) is 20.9. The zero-order valence-electron chi connectivity index (χ0n) is 20.9. The number of aromatic nitrogens is 2. The first kappa shape index (κ1) is 29.1. The highest BCUT2D eigenvalue weighted by atomic mass is 19.1. The molecule has 5 N–H and O–H groups in total. The standard InChI is InChI=1S/C22H34FN5O8/c1-11-15(30)16(31)19(35-11)28-10-13(23)17(27-20(28)33)26-18(32)14(8-6-7-9-24-12(2)29)25-21(34)36-22(3,4)5/h10-11,14-16,19,30-31H,6-9H2,1-5H3,(H,24,29)(H,25,34)(H,26,27,32,33). The van der Waals surface area contributed by atoms with Crippen LogP contribution in [-0.4, -0.2) is 74.2 Å². The average molecular weight is 516 g/mol. The molecule has 2 heterocycles. The molecule has 13 nitrogen and oxygen atoms in total. The predicted molar refractivity (Wildman–Crippen MR) is 124 cm³/mol. The molecule has 2 rings (SSSR count). The third-order valence-electron chi connectivity index (χ3n) is 5.20. The van der Waals surface area contributed by atoms with Crippen molar-refractivity contribution in [2.45, 2.75) is 90.1 Å². The van der Waals surface area contributed by atoms with Crippen molar-refractivity contribution >= 4 is 23.7 Å². The van der Waals surface area contributed by atoms with E-state index in [1.165, 1.54) is 13.8 Å². The van der Waals surface area contributed by atoms with E-state index in [1.807, 2.05) is 0 Å². The van der Waals surface area contributed by atoms with E-state index in [-0.39, 0.29) is 12.3 Å². The molecule has 3 amide bonds. The van der Waals surface area contributed by atoms with Crippen molar-refractivity contribution in [3.8, 4) is 0 Å². The van der Waals surface area contributed by atoms with E-state index in [9.17, 15) is 33.8 Å². The molecule has 202 valence electrons. The lowest BCUT2D eigenvalue weighted by molar-refractivity contribution is -0.119. The van der Waals surface area contributed by atoms with E-state index >= 15 is 0 Å². The number of anilines is 1. The number of nitrogens with zero attached hydrogens (tertiary/aromatic N) is 2. The molecule has 1 saturated heterocycles. The minimum Gasteiger partial charge on any atom is -0.444 e. The predicted octanol–water partition coefficient (Wildman–Crippen LogP) is 0.160. The fourth-order valence-corrected chi connectivity index (χ4v) is 3.43. The number of rotatable bonds is 9. The molecular formula is C22H34FN5O8. The lowest BCUT2D eigenvalue weighted by Gasteiger charge is -2.23. The maximum Gasteiger partial charge on any atom is 0.408 e. The first-order chi connectivity index (χ1) is 16.7. The summed E-state index contributed by atoms with van der Waals surface area (Å²) in [5, 5.41) is 27.1. The number of alkyl carbamates (subject to hydrolysis) is 1. The summed E-state index contributed by atoms with van der Waals surface area (Å²) in [4.78, 5) is 52.1. The van der Waals surface area contributed by atoms with Gasteiger partial charge in [0.05, 0.1) is 12.3 Å². The van der Waals surface area contributed by atoms with Gasteiger partial charge in [-0.25, -0.2) is 14.0 Å². The summed E-state index contributed by atoms with van der Waals surface area (Å²) in [6.07, 6.45) is -4.04. The van der Waals surface area contributed by atoms with Gasteiger partial charge >= 0.3 is 11.8 Å². The third kappa shape index (κ3) is 8.24. The molecule has 0 spiro atoms. The molecule has 1 aliphatic heterocycles. The molecule has 0 radical (unpaired) electrons. The van der Waals surface area contributed by atoms with Gasteiger partial charge in [-0.3, -0.25) is 14.2 Å². The quantitative estimate of drug-likeness (QED) is 0.286. The Kier molecular flexibility index (Phi) is 9.90. The summed E-state index contributed by atoms with van der Waals surface area (Å²) in [5.41, 5.74) is -1.86. The Bertz CT molecular complexity index is 1010. The summed E-state index contributed by atoms with van der Waals surface area (Å²) in [5.74, 6) is -2.83. The summed E-state index contributed by atoms with van der Waals surface area (Å²) < 4.78 is 25.9. The number of amides is 3. The number of carbonyl (C=O) groups excluding carboxylic acids is 3. The van der Waals surface area contributed by atoms with Gasteiger partial charge in [0.25, 0.3) is 0 Å². The SMILES string of the molecule is CC(=O)NCCCCC(NC(=O)OC(C)(C)C)C(=O)Nc1nc(=O)n(C2OC(C)C(O)C2O)cc1F. The first-order valence-electron chi connectivity index (χ1n) is 11.5. The third-order valence-corrected chi connectivity index (χ3v) is 5.20. The second-order valence-electron chi connectivity index (χ2n) is 9.51. The Morgan fingerprint density at radius 2 is 1.92 bits per heavy atom. The molecule has 14 heteroatoms. The van der Waals surface area contributed by atoms with Crippen LogP contribution in [0.25, 0.3) is 0 Å². The molecule has 1 aliphatic rings. The van der Waals surface area contributed by atoms with Crippen LogP contribution >= 0.6 is 0 Å². The number of carbonyl (C=O) groups is 3. The smallest absolute Gasteiger partial charge is 0.408 e. The Morgan fingerprint density at radius 3 is 2.47 bits per heavy atom. The number of aliphatic hydroxyl groups excluding tert-OH is 2. The van der Waals surface area contributed by atoms with Gasteiger partial charge in [-0.1, -0.05) is 0 Å². The molecule has 1 aromatic heterocycles. The zero-order chi connectivity index (χ0) is 27.2. The number of ether oxygens (including phenoxy) is 2. The molecule has 0 aliphatic carbocycles. The molecule has 0 aromatic carbocycles. The van der Waals surface area contributed by atoms with Crippen molar-refractivity contribution in [1.82, 2.24) is 20.2 Å². The Balaban J connectivity index is 2.15. The lowest BCUT2D eigenvalue weighted by atomic mass is 10.1. The van der Waals surface area contributed by atoms with Crippen molar-refractivity contribution < 1.29 is 38.5 Å². The number of hydrogen-bond donors (Lipinski definition) is 5. The van der Waals surface area contributed by atoms with Gasteiger partial charge in [-0.05, 0) is 47.0 Å². The van der Waals surface area contributed by atoms with Crippen molar-refractivity contribution in [3.63, 3.8) is 0 Å². The van der Waals surface area contributed by atoms with Crippen molar-refractivity contribution in [1.29, 1.82) is 0 Å². The minimum absolute atomic E-state index is 0.126. The highest BCUT2D eigenvalue weighted by Crippen LogP contribution is 2.28. The number of hydrogen-bond acceptors (Lipinski definition) is 9. The minimum atomic E-state index is -1.49. The summed E-state index contributed by atoms with van der Waals surface area (Å²) >= 11 is 0. The van der Waals surface area contributed by atoms with Crippen LogP contribution in [0.15, 0.2) is 11.0 Å². The molecule has 36 heavy (non-hydrogen) atoms. The van der Waals surface area contributed by atoms with Crippen LogP contribution < -0.4 is 21.6 Å². The highest BCUT2D eigenvalue weighted by molar-refractivity contribution is 5.95. The summed E-state index contributed by atoms with van der Waals surface area (Å²) in [7, 11) is 0. The Morgan fingerprint density at radius 1 is 1.25 bits per heavy atom. The van der Waals surface area contributed by atoms with Crippen LogP contribution in [0.5, 0.6) is 0 Å². The van der Waals surface area contributed by atoms with E-state index in [0.29, 0.717) is 30.2 Å². The van der Waals surface area contributed by atoms with Crippen LogP contribution in [0.4, 0.5) is 15.0 Å². The van der Waals surface area contributed by atoms with Crippen LogP contribution in [0.3, 0.4) is 0 Å². The fraction of sp³-hybridized carbons (Fsp3) is 0.682. The molecular weight excluding hydrogens is 481 g/mol. The van der Waals surface area contributed by atoms with Crippen molar-refractivity contribution in [2.24, 2.45) is 0 Å². The molecule has 0 bridgehead atoms. The highest BCUT2D eigenvalue weighted by Gasteiger charge is 2.42. The second-order valence-corrected chi connectivity index (χ2v) is 9.51. The molecule has 5 atom stereocenters. The van der Waals surface area contributed by atoms with Crippen LogP contribution in [0, 0.1) is 5.82 Å². The van der Waals surface area contributed by atoms with E-state index in [4.69, 9.17) is 9.47 Å². The maximum absolute atomic E-state index is 14.8.